The molecule has 0 spiro atoms. The van der Waals surface area contributed by atoms with Crippen molar-refractivity contribution in [1.29, 1.82) is 0 Å². The average molecular weight is 295 g/mol. The summed E-state index contributed by atoms with van der Waals surface area (Å²) in [6, 6.07) is 9.11. The summed E-state index contributed by atoms with van der Waals surface area (Å²) >= 11 is 0. The van der Waals surface area contributed by atoms with Crippen molar-refractivity contribution in [3.63, 3.8) is 0 Å². The van der Waals surface area contributed by atoms with Gasteiger partial charge < -0.3 is 0 Å². The molecule has 0 bridgehead atoms. The Morgan fingerprint density at radius 2 is 2.00 bits per heavy atom. The lowest BCUT2D eigenvalue weighted by molar-refractivity contribution is 0.439. The Labute approximate surface area is 118 Å². The molecule has 2 aromatic rings. The van der Waals surface area contributed by atoms with Gasteiger partial charge in [0.05, 0.1) is 5.75 Å². The summed E-state index contributed by atoms with van der Waals surface area (Å²) < 4.78 is 25.9. The van der Waals surface area contributed by atoms with E-state index < -0.39 is 10.0 Å². The minimum atomic E-state index is -3.35. The zero-order valence-corrected chi connectivity index (χ0v) is 12.2. The number of aromatic nitrogens is 4. The van der Waals surface area contributed by atoms with Gasteiger partial charge in [-0.15, -0.1) is 10.2 Å². The van der Waals surface area contributed by atoms with Crippen molar-refractivity contribution >= 4 is 10.0 Å². The van der Waals surface area contributed by atoms with Gasteiger partial charge in [-0.1, -0.05) is 42.5 Å². The van der Waals surface area contributed by atoms with Crippen LogP contribution in [0.4, 0.5) is 0 Å². The molecule has 0 saturated carbocycles. The summed E-state index contributed by atoms with van der Waals surface area (Å²) in [6.45, 7) is 2.17. The van der Waals surface area contributed by atoms with Crippen LogP contribution in [0.1, 0.15) is 24.2 Å². The Kier molecular flexibility index (Phi) is 4.46. The van der Waals surface area contributed by atoms with Crippen molar-refractivity contribution in [2.45, 2.75) is 18.6 Å². The highest BCUT2D eigenvalue weighted by Gasteiger charge is 2.22. The van der Waals surface area contributed by atoms with Crippen LogP contribution in [-0.2, 0) is 15.8 Å². The average Bonchev–Trinajstić information content (AvgIpc) is 2.93. The normalized spacial score (nSPS) is 13.6. The van der Waals surface area contributed by atoms with E-state index in [0.29, 0.717) is 12.4 Å². The number of H-pyrrole nitrogens is 1. The van der Waals surface area contributed by atoms with Gasteiger partial charge in [0.15, 0.2) is 5.82 Å². The van der Waals surface area contributed by atoms with Crippen LogP contribution in [-0.4, -0.2) is 46.9 Å². The Bertz CT molecular complexity index is 627. The molecule has 1 atom stereocenters. The number of rotatable bonds is 6. The fourth-order valence-corrected chi connectivity index (χ4v) is 3.14. The van der Waals surface area contributed by atoms with Crippen molar-refractivity contribution in [2.24, 2.45) is 0 Å². The predicted octanol–water partition coefficient (Wildman–Crippen LogP) is 0.765. The highest BCUT2D eigenvalue weighted by atomic mass is 32.2. The molecule has 0 unspecified atom stereocenters. The van der Waals surface area contributed by atoms with Gasteiger partial charge >= 0.3 is 0 Å². The van der Waals surface area contributed by atoms with Gasteiger partial charge in [0, 0.05) is 19.5 Å². The summed E-state index contributed by atoms with van der Waals surface area (Å²) in [5.41, 5.74) is 0.770. The number of aromatic amines is 1. The van der Waals surface area contributed by atoms with Crippen LogP contribution in [0.3, 0.4) is 0 Å². The molecule has 108 valence electrons. The summed E-state index contributed by atoms with van der Waals surface area (Å²) in [5, 5.41) is 13.6. The first-order valence-electron chi connectivity index (χ1n) is 6.20. The van der Waals surface area contributed by atoms with Gasteiger partial charge in [-0.3, -0.25) is 0 Å². The number of nitrogens with one attached hydrogen (secondary N) is 1. The van der Waals surface area contributed by atoms with Gasteiger partial charge in [-0.2, -0.15) is 5.21 Å². The molecule has 0 aliphatic heterocycles. The maximum absolute atomic E-state index is 12.3. The second-order valence-corrected chi connectivity index (χ2v) is 6.77. The number of likely N-dealkylation sites (N-methyl/N-ethyl adjacent to an activating group) is 1. The molecule has 0 saturated heterocycles. The number of nitrogens with zero attached hydrogens (tertiary/aromatic N) is 4. The lowest BCUT2D eigenvalue weighted by Crippen LogP contribution is -2.31. The van der Waals surface area contributed by atoms with E-state index in [4.69, 9.17) is 0 Å². The van der Waals surface area contributed by atoms with Crippen molar-refractivity contribution in [3.8, 4) is 0 Å². The smallest absolute Gasteiger partial charge is 0.212 e. The molecule has 1 N–H and O–H groups in total. The van der Waals surface area contributed by atoms with E-state index in [1.807, 2.05) is 25.1 Å². The molecule has 0 amide bonds. The van der Waals surface area contributed by atoms with E-state index >= 15 is 0 Å². The second kappa shape index (κ2) is 6.10. The third-order valence-corrected chi connectivity index (χ3v) is 4.80. The lowest BCUT2D eigenvalue weighted by atomic mass is 10.2. The van der Waals surface area contributed by atoms with E-state index in [1.165, 1.54) is 4.31 Å². The molecule has 0 fully saturated rings. The molecule has 8 heteroatoms. The molecular formula is C12H17N5O2S. The zero-order chi connectivity index (χ0) is 14.6. The van der Waals surface area contributed by atoms with Crippen LogP contribution < -0.4 is 0 Å². The fraction of sp³-hybridized carbons (Fsp3) is 0.417. The van der Waals surface area contributed by atoms with Crippen molar-refractivity contribution in [3.05, 3.63) is 41.7 Å². The van der Waals surface area contributed by atoms with Gasteiger partial charge in [0.1, 0.15) is 0 Å². The van der Waals surface area contributed by atoms with Crippen molar-refractivity contribution < 1.29 is 8.42 Å². The van der Waals surface area contributed by atoms with Gasteiger partial charge in [0.2, 0.25) is 10.0 Å². The molecule has 0 aliphatic carbocycles. The van der Waals surface area contributed by atoms with Crippen molar-refractivity contribution in [1.82, 2.24) is 24.9 Å². The van der Waals surface area contributed by atoms with E-state index in [9.17, 15) is 8.42 Å². The summed E-state index contributed by atoms with van der Waals surface area (Å²) in [7, 11) is -1.79. The molecule has 7 nitrogen and oxygen atoms in total. The molecule has 1 aromatic heterocycles. The number of tetrazole rings is 1. The van der Waals surface area contributed by atoms with E-state index in [2.05, 4.69) is 20.6 Å². The summed E-state index contributed by atoms with van der Waals surface area (Å²) in [5.74, 6) is 0.375. The minimum Gasteiger partial charge on any atom is -0.212 e. The largest absolute Gasteiger partial charge is 0.218 e. The summed E-state index contributed by atoms with van der Waals surface area (Å²) in [4.78, 5) is 0. The van der Waals surface area contributed by atoms with E-state index in [-0.39, 0.29) is 11.7 Å². The predicted molar refractivity (Wildman–Crippen MR) is 74.3 cm³/mol. The molecule has 0 aliphatic rings. The van der Waals surface area contributed by atoms with E-state index in [0.717, 1.165) is 5.56 Å². The van der Waals surface area contributed by atoms with Crippen LogP contribution in [0.2, 0.25) is 0 Å². The highest BCUT2D eigenvalue weighted by molar-refractivity contribution is 7.88. The highest BCUT2D eigenvalue weighted by Crippen LogP contribution is 2.15. The van der Waals surface area contributed by atoms with Crippen molar-refractivity contribution in [2.75, 3.05) is 13.6 Å². The zero-order valence-electron chi connectivity index (χ0n) is 11.4. The van der Waals surface area contributed by atoms with Crippen LogP contribution in [0.5, 0.6) is 0 Å². The second-order valence-electron chi connectivity index (χ2n) is 4.69. The Hall–Kier alpha value is -1.80. The first kappa shape index (κ1) is 14.6. The van der Waals surface area contributed by atoms with Crippen LogP contribution in [0.25, 0.3) is 0 Å². The SMILES string of the molecule is C[C@H](CN(C)S(=O)(=O)Cc1ccccc1)c1nn[nH]n1. The Balaban J connectivity index is 2.02. The molecule has 2 rings (SSSR count). The minimum absolute atomic E-state index is 0.0106. The quantitative estimate of drug-likeness (QED) is 0.849. The Morgan fingerprint density at radius 1 is 1.30 bits per heavy atom. The van der Waals surface area contributed by atoms with Gasteiger partial charge in [-0.05, 0) is 5.56 Å². The first-order chi connectivity index (χ1) is 9.49. The molecule has 1 heterocycles. The molecule has 1 aromatic carbocycles. The van der Waals surface area contributed by atoms with Crippen LogP contribution in [0.15, 0.2) is 30.3 Å². The van der Waals surface area contributed by atoms with Crippen LogP contribution in [0, 0.1) is 0 Å². The van der Waals surface area contributed by atoms with Gasteiger partial charge in [-0.25, -0.2) is 12.7 Å². The number of sulfonamides is 1. The topological polar surface area (TPSA) is 91.8 Å². The Morgan fingerprint density at radius 3 is 2.60 bits per heavy atom. The first-order valence-corrected chi connectivity index (χ1v) is 7.81. The standard InChI is InChI=1S/C12H17N5O2S/c1-10(12-13-15-16-14-12)8-17(2)20(18,19)9-11-6-4-3-5-7-11/h3-7,10H,8-9H2,1-2H3,(H,13,14,15,16)/t10-/m1/s1. The lowest BCUT2D eigenvalue weighted by Gasteiger charge is -2.19. The third-order valence-electron chi connectivity index (χ3n) is 3.00. The molecular weight excluding hydrogens is 278 g/mol. The number of hydrogen-bond donors (Lipinski definition) is 1. The fourth-order valence-electron chi connectivity index (χ4n) is 1.85. The van der Waals surface area contributed by atoms with Crippen LogP contribution >= 0.6 is 0 Å². The maximum Gasteiger partial charge on any atom is 0.218 e. The molecule has 20 heavy (non-hydrogen) atoms. The monoisotopic (exact) mass is 295 g/mol. The maximum atomic E-state index is 12.3. The third kappa shape index (κ3) is 3.61. The number of hydrogen-bond acceptors (Lipinski definition) is 5. The summed E-state index contributed by atoms with van der Waals surface area (Å²) in [6.07, 6.45) is 0. The molecule has 0 radical (unpaired) electrons. The van der Waals surface area contributed by atoms with E-state index in [1.54, 1.807) is 19.2 Å². The number of benzene rings is 1. The van der Waals surface area contributed by atoms with Gasteiger partial charge in [0.25, 0.3) is 0 Å².